The Balaban J connectivity index is 1.82. The van der Waals surface area contributed by atoms with Crippen LogP contribution in [0.5, 0.6) is 0 Å². The highest BCUT2D eigenvalue weighted by atomic mass is 16.1. The second-order valence-electron chi connectivity index (χ2n) is 6.99. The SMILES string of the molecule is CCC(C(=O)Nc1c(C)nn(Cc2ccccc2C)c1C)c1ccccc1. The molecule has 0 saturated heterocycles. The van der Waals surface area contributed by atoms with Crippen molar-refractivity contribution in [1.82, 2.24) is 9.78 Å². The molecule has 0 bridgehead atoms. The fraction of sp³-hybridized carbons (Fsp3) is 0.304. The summed E-state index contributed by atoms with van der Waals surface area (Å²) in [5.41, 5.74) is 6.16. The lowest BCUT2D eigenvalue weighted by Crippen LogP contribution is -2.21. The van der Waals surface area contributed by atoms with Crippen LogP contribution in [-0.4, -0.2) is 15.7 Å². The fourth-order valence-electron chi connectivity index (χ4n) is 3.45. The molecular weight excluding hydrogens is 334 g/mol. The molecule has 0 fully saturated rings. The molecule has 0 aliphatic carbocycles. The number of benzene rings is 2. The van der Waals surface area contributed by atoms with E-state index in [4.69, 9.17) is 0 Å². The molecule has 4 nitrogen and oxygen atoms in total. The Morgan fingerprint density at radius 2 is 1.70 bits per heavy atom. The summed E-state index contributed by atoms with van der Waals surface area (Å²) in [5, 5.41) is 7.79. The highest BCUT2D eigenvalue weighted by molar-refractivity contribution is 5.96. The largest absolute Gasteiger partial charge is 0.322 e. The zero-order valence-electron chi connectivity index (χ0n) is 16.5. The van der Waals surface area contributed by atoms with E-state index in [1.807, 2.05) is 67.9 Å². The normalized spacial score (nSPS) is 12.0. The Bertz CT molecular complexity index is 928. The number of aryl methyl sites for hydroxylation is 2. The van der Waals surface area contributed by atoms with Gasteiger partial charge >= 0.3 is 0 Å². The Morgan fingerprint density at radius 3 is 2.37 bits per heavy atom. The fourth-order valence-corrected chi connectivity index (χ4v) is 3.45. The molecule has 2 aromatic carbocycles. The van der Waals surface area contributed by atoms with Crippen LogP contribution in [0.3, 0.4) is 0 Å². The molecule has 1 atom stereocenters. The van der Waals surface area contributed by atoms with E-state index in [0.29, 0.717) is 6.54 Å². The molecule has 1 amide bonds. The van der Waals surface area contributed by atoms with Gasteiger partial charge in [-0.1, -0.05) is 61.5 Å². The first kappa shape index (κ1) is 18.9. The van der Waals surface area contributed by atoms with Crippen LogP contribution in [0.4, 0.5) is 5.69 Å². The molecule has 1 heterocycles. The predicted octanol–water partition coefficient (Wildman–Crippen LogP) is 4.99. The van der Waals surface area contributed by atoms with Gasteiger partial charge in [0.15, 0.2) is 0 Å². The number of hydrogen-bond acceptors (Lipinski definition) is 2. The standard InChI is InChI=1S/C23H27N3O/c1-5-21(19-12-7-6-8-13-19)23(27)24-22-17(3)25-26(18(22)4)15-20-14-10-9-11-16(20)2/h6-14,21H,5,15H2,1-4H3,(H,24,27). The van der Waals surface area contributed by atoms with Crippen molar-refractivity contribution in [3.63, 3.8) is 0 Å². The van der Waals surface area contributed by atoms with Crippen molar-refractivity contribution in [3.8, 4) is 0 Å². The Kier molecular flexibility index (Phi) is 5.75. The molecule has 1 unspecified atom stereocenters. The topological polar surface area (TPSA) is 46.9 Å². The Morgan fingerprint density at radius 1 is 1.04 bits per heavy atom. The molecule has 0 aliphatic heterocycles. The van der Waals surface area contributed by atoms with E-state index in [2.05, 4.69) is 29.5 Å². The van der Waals surface area contributed by atoms with Gasteiger partial charge in [-0.2, -0.15) is 5.10 Å². The molecule has 27 heavy (non-hydrogen) atoms. The first-order chi connectivity index (χ1) is 13.0. The Labute approximate surface area is 161 Å². The maximum atomic E-state index is 12.9. The smallest absolute Gasteiger partial charge is 0.232 e. The van der Waals surface area contributed by atoms with Gasteiger partial charge in [0.1, 0.15) is 0 Å². The van der Waals surface area contributed by atoms with E-state index < -0.39 is 0 Å². The summed E-state index contributed by atoms with van der Waals surface area (Å²) in [7, 11) is 0. The second-order valence-corrected chi connectivity index (χ2v) is 6.99. The number of anilines is 1. The van der Waals surface area contributed by atoms with Gasteiger partial charge in [0.05, 0.1) is 29.5 Å². The van der Waals surface area contributed by atoms with Crippen molar-refractivity contribution < 1.29 is 4.79 Å². The number of amides is 1. The van der Waals surface area contributed by atoms with E-state index in [1.165, 1.54) is 11.1 Å². The second kappa shape index (κ2) is 8.21. The van der Waals surface area contributed by atoms with Crippen molar-refractivity contribution in [3.05, 3.63) is 82.7 Å². The average molecular weight is 361 g/mol. The van der Waals surface area contributed by atoms with Gasteiger partial charge in [0.2, 0.25) is 5.91 Å². The number of rotatable bonds is 6. The molecular formula is C23H27N3O. The van der Waals surface area contributed by atoms with E-state index >= 15 is 0 Å². The number of hydrogen-bond donors (Lipinski definition) is 1. The number of carbonyl (C=O) groups excluding carboxylic acids is 1. The molecule has 4 heteroatoms. The monoisotopic (exact) mass is 361 g/mol. The van der Waals surface area contributed by atoms with Crippen LogP contribution in [0.15, 0.2) is 54.6 Å². The number of nitrogens with one attached hydrogen (secondary N) is 1. The molecule has 140 valence electrons. The predicted molar refractivity (Wildman–Crippen MR) is 110 cm³/mol. The third-order valence-electron chi connectivity index (χ3n) is 5.14. The van der Waals surface area contributed by atoms with Crippen molar-refractivity contribution in [2.45, 2.75) is 46.6 Å². The first-order valence-corrected chi connectivity index (χ1v) is 9.45. The summed E-state index contributed by atoms with van der Waals surface area (Å²) in [5.74, 6) is -0.143. The quantitative estimate of drug-likeness (QED) is 0.672. The molecule has 3 rings (SSSR count). The van der Waals surface area contributed by atoms with E-state index in [1.54, 1.807) is 0 Å². The van der Waals surface area contributed by atoms with Crippen molar-refractivity contribution in [2.75, 3.05) is 5.32 Å². The minimum atomic E-state index is -0.162. The van der Waals surface area contributed by atoms with Crippen LogP contribution in [-0.2, 0) is 11.3 Å². The van der Waals surface area contributed by atoms with Crippen molar-refractivity contribution >= 4 is 11.6 Å². The van der Waals surface area contributed by atoms with Crippen LogP contribution in [0.25, 0.3) is 0 Å². The van der Waals surface area contributed by atoms with Gasteiger partial charge < -0.3 is 5.32 Å². The molecule has 0 saturated carbocycles. The van der Waals surface area contributed by atoms with Gasteiger partial charge in [-0.15, -0.1) is 0 Å². The number of nitrogens with zero attached hydrogens (tertiary/aromatic N) is 2. The van der Waals surface area contributed by atoms with Crippen molar-refractivity contribution in [1.29, 1.82) is 0 Å². The third-order valence-corrected chi connectivity index (χ3v) is 5.14. The first-order valence-electron chi connectivity index (χ1n) is 9.45. The molecule has 3 aromatic rings. The lowest BCUT2D eigenvalue weighted by molar-refractivity contribution is -0.117. The number of carbonyl (C=O) groups is 1. The van der Waals surface area contributed by atoms with E-state index in [-0.39, 0.29) is 11.8 Å². The van der Waals surface area contributed by atoms with Gasteiger partial charge in [-0.05, 0) is 43.9 Å². The van der Waals surface area contributed by atoms with Crippen LogP contribution in [0.2, 0.25) is 0 Å². The highest BCUT2D eigenvalue weighted by Crippen LogP contribution is 2.25. The van der Waals surface area contributed by atoms with Gasteiger partial charge in [0.25, 0.3) is 0 Å². The van der Waals surface area contributed by atoms with E-state index in [0.717, 1.165) is 29.1 Å². The molecule has 0 aliphatic rings. The third kappa shape index (κ3) is 4.11. The average Bonchev–Trinajstić information content (AvgIpc) is 2.92. The zero-order chi connectivity index (χ0) is 19.4. The van der Waals surface area contributed by atoms with Crippen LogP contribution < -0.4 is 5.32 Å². The maximum Gasteiger partial charge on any atom is 0.232 e. The van der Waals surface area contributed by atoms with Gasteiger partial charge in [-0.3, -0.25) is 9.48 Å². The summed E-state index contributed by atoms with van der Waals surface area (Å²) in [6.45, 7) is 8.80. The van der Waals surface area contributed by atoms with Crippen LogP contribution in [0, 0.1) is 20.8 Å². The Hall–Kier alpha value is -2.88. The van der Waals surface area contributed by atoms with E-state index in [9.17, 15) is 4.79 Å². The molecule has 0 radical (unpaired) electrons. The summed E-state index contributed by atoms with van der Waals surface area (Å²) in [6, 6.07) is 18.2. The molecule has 1 N–H and O–H groups in total. The van der Waals surface area contributed by atoms with Gasteiger partial charge in [0, 0.05) is 0 Å². The van der Waals surface area contributed by atoms with Crippen LogP contribution >= 0.6 is 0 Å². The van der Waals surface area contributed by atoms with Crippen molar-refractivity contribution in [2.24, 2.45) is 0 Å². The molecule has 1 aromatic heterocycles. The van der Waals surface area contributed by atoms with Gasteiger partial charge in [-0.25, -0.2) is 0 Å². The lowest BCUT2D eigenvalue weighted by atomic mass is 9.95. The van der Waals surface area contributed by atoms with Crippen LogP contribution in [0.1, 0.15) is 47.3 Å². The highest BCUT2D eigenvalue weighted by Gasteiger charge is 2.21. The molecule has 0 spiro atoms. The minimum absolute atomic E-state index is 0.0188. The lowest BCUT2D eigenvalue weighted by Gasteiger charge is -2.16. The summed E-state index contributed by atoms with van der Waals surface area (Å²) >= 11 is 0. The summed E-state index contributed by atoms with van der Waals surface area (Å²) in [6.07, 6.45) is 0.755. The minimum Gasteiger partial charge on any atom is -0.322 e. The number of aromatic nitrogens is 2. The summed E-state index contributed by atoms with van der Waals surface area (Å²) < 4.78 is 1.97. The summed E-state index contributed by atoms with van der Waals surface area (Å²) in [4.78, 5) is 12.9. The zero-order valence-corrected chi connectivity index (χ0v) is 16.5. The maximum absolute atomic E-state index is 12.9.